The second-order valence-electron chi connectivity index (χ2n) is 4.51. The van der Waals surface area contributed by atoms with Gasteiger partial charge in [-0.25, -0.2) is 0 Å². The van der Waals surface area contributed by atoms with Gasteiger partial charge >= 0.3 is 0 Å². The minimum Gasteiger partial charge on any atom is -0.351 e. The highest BCUT2D eigenvalue weighted by Crippen LogP contribution is 2.29. The van der Waals surface area contributed by atoms with E-state index in [0.29, 0.717) is 40.0 Å². The van der Waals surface area contributed by atoms with E-state index in [9.17, 15) is 9.59 Å². The maximum atomic E-state index is 11.9. The van der Waals surface area contributed by atoms with E-state index in [1.807, 2.05) is 0 Å². The lowest BCUT2D eigenvalue weighted by molar-refractivity contribution is -0.111. The Bertz CT molecular complexity index is 700. The van der Waals surface area contributed by atoms with Gasteiger partial charge < -0.3 is 5.32 Å². The molecule has 1 aromatic heterocycles. The first-order chi connectivity index (χ1) is 10.5. The molecule has 2 N–H and O–H groups in total. The molecule has 0 unspecified atom stereocenters. The normalized spacial score (nSPS) is 10.5. The fraction of sp³-hybridized carbons (Fsp3) is 0.214. The van der Waals surface area contributed by atoms with Crippen LogP contribution in [-0.2, 0) is 4.79 Å². The predicted octanol–water partition coefficient (Wildman–Crippen LogP) is 3.66. The smallest absolute Gasteiger partial charge is 0.269 e. The van der Waals surface area contributed by atoms with Gasteiger partial charge in [-0.1, -0.05) is 23.2 Å². The average Bonchev–Trinajstić information content (AvgIpc) is 2.92. The maximum absolute atomic E-state index is 11.9. The van der Waals surface area contributed by atoms with Crippen molar-refractivity contribution in [3.63, 3.8) is 0 Å². The minimum absolute atomic E-state index is 0.219. The number of nitrogens with one attached hydrogen (secondary N) is 2. The molecule has 0 saturated carbocycles. The molecule has 0 aliphatic heterocycles. The lowest BCUT2D eigenvalue weighted by Gasteiger charge is -2.01. The molecule has 0 radical (unpaired) electrons. The number of amides is 1. The van der Waals surface area contributed by atoms with E-state index in [1.54, 1.807) is 24.3 Å². The van der Waals surface area contributed by atoms with Crippen LogP contribution in [0.25, 0.3) is 11.3 Å². The molecule has 0 fully saturated rings. The van der Waals surface area contributed by atoms with Gasteiger partial charge in [0.1, 0.15) is 5.69 Å². The van der Waals surface area contributed by atoms with Gasteiger partial charge in [-0.2, -0.15) is 5.10 Å². The largest absolute Gasteiger partial charge is 0.351 e. The van der Waals surface area contributed by atoms with Gasteiger partial charge in [0.2, 0.25) is 5.24 Å². The van der Waals surface area contributed by atoms with Crippen LogP contribution in [-0.4, -0.2) is 27.9 Å². The number of halogens is 3. The van der Waals surface area contributed by atoms with Crippen molar-refractivity contribution in [1.82, 2.24) is 15.5 Å². The van der Waals surface area contributed by atoms with Crippen LogP contribution in [0, 0.1) is 0 Å². The molecule has 0 spiro atoms. The van der Waals surface area contributed by atoms with Gasteiger partial charge in [0, 0.05) is 23.6 Å². The Morgan fingerprint density at radius 2 is 2.00 bits per heavy atom. The summed E-state index contributed by atoms with van der Waals surface area (Å²) in [6.07, 6.45) is 0.703. The molecule has 0 saturated heterocycles. The van der Waals surface area contributed by atoms with Crippen molar-refractivity contribution in [3.05, 3.63) is 40.0 Å². The van der Waals surface area contributed by atoms with E-state index in [-0.39, 0.29) is 12.3 Å². The van der Waals surface area contributed by atoms with E-state index in [0.717, 1.165) is 0 Å². The summed E-state index contributed by atoms with van der Waals surface area (Å²) in [5.41, 5.74) is 1.52. The zero-order valence-electron chi connectivity index (χ0n) is 11.3. The van der Waals surface area contributed by atoms with Crippen molar-refractivity contribution in [2.75, 3.05) is 6.54 Å². The van der Waals surface area contributed by atoms with Crippen molar-refractivity contribution in [3.8, 4) is 11.3 Å². The van der Waals surface area contributed by atoms with Gasteiger partial charge in [-0.3, -0.25) is 14.7 Å². The van der Waals surface area contributed by atoms with Crippen LogP contribution in [0.5, 0.6) is 0 Å². The summed E-state index contributed by atoms with van der Waals surface area (Å²) >= 11 is 17.2. The highest BCUT2D eigenvalue weighted by Gasteiger charge is 2.13. The maximum Gasteiger partial charge on any atom is 0.269 e. The third-order valence-corrected chi connectivity index (χ3v) is 3.60. The number of H-pyrrole nitrogens is 1. The van der Waals surface area contributed by atoms with E-state index in [1.165, 1.54) is 0 Å². The first-order valence-corrected chi connectivity index (χ1v) is 7.58. The van der Waals surface area contributed by atoms with E-state index < -0.39 is 5.24 Å². The average molecular weight is 361 g/mol. The first-order valence-electron chi connectivity index (χ1n) is 6.44. The second-order valence-corrected chi connectivity index (χ2v) is 5.77. The molecule has 1 aromatic carbocycles. The van der Waals surface area contributed by atoms with Gasteiger partial charge in [-0.15, -0.1) is 0 Å². The van der Waals surface area contributed by atoms with Crippen LogP contribution in [0.1, 0.15) is 23.3 Å². The molecule has 116 valence electrons. The van der Waals surface area contributed by atoms with Crippen LogP contribution in [0.4, 0.5) is 0 Å². The van der Waals surface area contributed by atoms with Crippen LogP contribution in [0.15, 0.2) is 24.3 Å². The molecule has 0 aliphatic rings. The summed E-state index contributed by atoms with van der Waals surface area (Å²) in [5.74, 6) is -0.314. The number of benzene rings is 1. The van der Waals surface area contributed by atoms with Crippen LogP contribution >= 0.6 is 34.8 Å². The van der Waals surface area contributed by atoms with E-state index in [2.05, 4.69) is 15.5 Å². The summed E-state index contributed by atoms with van der Waals surface area (Å²) in [6, 6.07) is 6.63. The Labute approximate surface area is 141 Å². The lowest BCUT2D eigenvalue weighted by Crippen LogP contribution is -2.25. The standard InChI is InChI=1S/C14H12Cl3N3O2/c15-8-3-4-9(10(16)6-8)11-7-12(20-19-11)14(22)18-5-1-2-13(17)21/h3-4,6-7H,1-2,5H2,(H,18,22)(H,19,20). The van der Waals surface area contributed by atoms with Gasteiger partial charge in [-0.05, 0) is 42.3 Å². The van der Waals surface area contributed by atoms with Crippen molar-refractivity contribution in [2.45, 2.75) is 12.8 Å². The highest BCUT2D eigenvalue weighted by atomic mass is 35.5. The van der Waals surface area contributed by atoms with Crippen LogP contribution in [0.2, 0.25) is 10.0 Å². The monoisotopic (exact) mass is 359 g/mol. The molecule has 0 bridgehead atoms. The number of aromatic amines is 1. The Balaban J connectivity index is 2.01. The van der Waals surface area contributed by atoms with Crippen LogP contribution < -0.4 is 5.32 Å². The summed E-state index contributed by atoms with van der Waals surface area (Å²) in [4.78, 5) is 22.5. The molecule has 5 nitrogen and oxygen atoms in total. The molecule has 2 aromatic rings. The number of rotatable bonds is 6. The summed E-state index contributed by atoms with van der Waals surface area (Å²) in [5, 5.41) is 9.94. The molecule has 8 heteroatoms. The SMILES string of the molecule is O=C(Cl)CCCNC(=O)c1cc(-c2ccc(Cl)cc2Cl)n[nH]1. The van der Waals surface area contributed by atoms with Crippen LogP contribution in [0.3, 0.4) is 0 Å². The predicted molar refractivity (Wildman–Crippen MR) is 86.5 cm³/mol. The Morgan fingerprint density at radius 3 is 2.68 bits per heavy atom. The number of hydrogen-bond donors (Lipinski definition) is 2. The zero-order valence-corrected chi connectivity index (χ0v) is 13.6. The minimum atomic E-state index is -0.421. The topological polar surface area (TPSA) is 74.8 Å². The Morgan fingerprint density at radius 1 is 1.23 bits per heavy atom. The van der Waals surface area contributed by atoms with Crippen molar-refractivity contribution in [2.24, 2.45) is 0 Å². The molecule has 0 atom stereocenters. The molecular weight excluding hydrogens is 349 g/mol. The summed E-state index contributed by atoms with van der Waals surface area (Å²) in [7, 11) is 0. The number of carbonyl (C=O) groups excluding carboxylic acids is 2. The van der Waals surface area contributed by atoms with Crippen molar-refractivity contribution in [1.29, 1.82) is 0 Å². The molecular formula is C14H12Cl3N3O2. The molecule has 1 heterocycles. The Kier molecular flexibility index (Phi) is 5.83. The molecule has 22 heavy (non-hydrogen) atoms. The quantitative estimate of drug-likeness (QED) is 0.610. The number of hydrogen-bond acceptors (Lipinski definition) is 3. The lowest BCUT2D eigenvalue weighted by atomic mass is 10.1. The van der Waals surface area contributed by atoms with E-state index in [4.69, 9.17) is 34.8 Å². The van der Waals surface area contributed by atoms with Crippen molar-refractivity contribution < 1.29 is 9.59 Å². The second kappa shape index (κ2) is 7.63. The fourth-order valence-electron chi connectivity index (χ4n) is 1.80. The number of aromatic nitrogens is 2. The fourth-order valence-corrected chi connectivity index (χ4v) is 2.44. The van der Waals surface area contributed by atoms with Gasteiger partial charge in [0.15, 0.2) is 0 Å². The molecule has 0 aliphatic carbocycles. The van der Waals surface area contributed by atoms with E-state index >= 15 is 0 Å². The number of nitrogens with zero attached hydrogens (tertiary/aromatic N) is 1. The third-order valence-electron chi connectivity index (χ3n) is 2.87. The van der Waals surface area contributed by atoms with Crippen molar-refractivity contribution >= 4 is 46.0 Å². The zero-order chi connectivity index (χ0) is 16.1. The first kappa shape index (κ1) is 16.8. The Hall–Kier alpha value is -1.56. The molecule has 2 rings (SSSR count). The molecule has 1 amide bonds. The summed E-state index contributed by atoms with van der Waals surface area (Å²) in [6.45, 7) is 0.355. The van der Waals surface area contributed by atoms with Gasteiger partial charge in [0.25, 0.3) is 5.91 Å². The van der Waals surface area contributed by atoms with Gasteiger partial charge in [0.05, 0.1) is 10.7 Å². The highest BCUT2D eigenvalue weighted by molar-refractivity contribution is 6.63. The number of carbonyl (C=O) groups is 2. The summed E-state index contributed by atoms with van der Waals surface area (Å²) < 4.78 is 0. The third kappa shape index (κ3) is 4.47.